The largest absolute Gasteiger partial charge is 0.491 e. The van der Waals surface area contributed by atoms with Gasteiger partial charge in [0.05, 0.1) is 11.8 Å². The van der Waals surface area contributed by atoms with Crippen molar-refractivity contribution in [1.29, 1.82) is 0 Å². The zero-order valence-electron chi connectivity index (χ0n) is 17.6. The number of guanidine groups is 1. The Morgan fingerprint density at radius 1 is 1.26 bits per heavy atom. The zero-order valence-corrected chi connectivity index (χ0v) is 17.6. The topological polar surface area (TPSA) is 63.5 Å². The molecule has 0 fully saturated rings. The molecule has 1 unspecified atom stereocenters. The van der Waals surface area contributed by atoms with E-state index in [0.717, 1.165) is 29.4 Å². The summed E-state index contributed by atoms with van der Waals surface area (Å²) in [4.78, 5) is 4.35. The van der Waals surface area contributed by atoms with E-state index in [-0.39, 0.29) is 12.1 Å². The van der Waals surface area contributed by atoms with Crippen LogP contribution in [0.25, 0.3) is 0 Å². The molecule has 0 radical (unpaired) electrons. The van der Waals surface area contributed by atoms with E-state index in [1.54, 1.807) is 7.05 Å². The Labute approximate surface area is 163 Å². The molecule has 0 aliphatic carbocycles. The van der Waals surface area contributed by atoms with Crippen LogP contribution in [0.4, 0.5) is 0 Å². The fraction of sp³-hybridized carbons (Fsp3) is 0.524. The van der Waals surface area contributed by atoms with Gasteiger partial charge in [-0.2, -0.15) is 5.10 Å². The number of hydrogen-bond donors (Lipinski definition) is 2. The van der Waals surface area contributed by atoms with Gasteiger partial charge in [0.25, 0.3) is 0 Å². The summed E-state index contributed by atoms with van der Waals surface area (Å²) in [6.07, 6.45) is 1.08. The van der Waals surface area contributed by atoms with Crippen LogP contribution in [0, 0.1) is 13.8 Å². The Bertz CT molecular complexity index is 779. The number of nitrogens with zero attached hydrogens (tertiary/aromatic N) is 3. The van der Waals surface area contributed by atoms with E-state index in [1.165, 1.54) is 11.3 Å². The monoisotopic (exact) mass is 371 g/mol. The molecule has 0 aliphatic heterocycles. The SMILES string of the molecule is CN=C(NCc1cccc(OC(C)C)c1)NC(C)Cc1c(C)nn(C)c1C. The lowest BCUT2D eigenvalue weighted by atomic mass is 10.1. The Hall–Kier alpha value is -2.50. The average molecular weight is 372 g/mol. The molecule has 1 aromatic carbocycles. The van der Waals surface area contributed by atoms with Crippen molar-refractivity contribution in [3.63, 3.8) is 0 Å². The van der Waals surface area contributed by atoms with Crippen molar-refractivity contribution in [2.45, 2.75) is 59.7 Å². The van der Waals surface area contributed by atoms with Crippen molar-refractivity contribution in [2.75, 3.05) is 7.05 Å². The van der Waals surface area contributed by atoms with Gasteiger partial charge in [-0.05, 0) is 64.3 Å². The first-order valence-corrected chi connectivity index (χ1v) is 9.52. The second kappa shape index (κ2) is 9.44. The minimum absolute atomic E-state index is 0.169. The Kier molecular flexibility index (Phi) is 7.28. The Morgan fingerprint density at radius 3 is 2.59 bits per heavy atom. The maximum Gasteiger partial charge on any atom is 0.191 e. The number of nitrogens with one attached hydrogen (secondary N) is 2. The Balaban J connectivity index is 1.92. The third kappa shape index (κ3) is 6.01. The van der Waals surface area contributed by atoms with Crippen molar-refractivity contribution in [2.24, 2.45) is 12.0 Å². The van der Waals surface area contributed by atoms with E-state index in [9.17, 15) is 0 Å². The molecule has 2 N–H and O–H groups in total. The molecule has 6 nitrogen and oxygen atoms in total. The molecule has 27 heavy (non-hydrogen) atoms. The number of rotatable bonds is 7. The van der Waals surface area contributed by atoms with Crippen LogP contribution in [0.2, 0.25) is 0 Å². The van der Waals surface area contributed by atoms with Crippen LogP contribution in [-0.4, -0.2) is 34.9 Å². The van der Waals surface area contributed by atoms with Crippen LogP contribution in [0.1, 0.15) is 43.3 Å². The molecule has 0 spiro atoms. The van der Waals surface area contributed by atoms with E-state index < -0.39 is 0 Å². The number of benzene rings is 1. The van der Waals surface area contributed by atoms with Gasteiger partial charge in [-0.3, -0.25) is 9.67 Å². The first-order chi connectivity index (χ1) is 12.8. The third-order valence-electron chi connectivity index (χ3n) is 4.51. The number of ether oxygens (including phenoxy) is 1. The predicted molar refractivity (Wildman–Crippen MR) is 111 cm³/mol. The predicted octanol–water partition coefficient (Wildman–Crippen LogP) is 3.12. The smallest absolute Gasteiger partial charge is 0.191 e. The van der Waals surface area contributed by atoms with Gasteiger partial charge >= 0.3 is 0 Å². The fourth-order valence-electron chi connectivity index (χ4n) is 3.08. The zero-order chi connectivity index (χ0) is 20.0. The van der Waals surface area contributed by atoms with Gasteiger partial charge in [-0.1, -0.05) is 12.1 Å². The van der Waals surface area contributed by atoms with E-state index in [4.69, 9.17) is 4.74 Å². The molecule has 1 aromatic heterocycles. The van der Waals surface area contributed by atoms with Crippen molar-refractivity contribution < 1.29 is 4.74 Å². The van der Waals surface area contributed by atoms with Crippen LogP contribution < -0.4 is 15.4 Å². The first kappa shape index (κ1) is 20.8. The summed E-state index contributed by atoms with van der Waals surface area (Å²) in [6.45, 7) is 11.1. The molecule has 0 amide bonds. The van der Waals surface area contributed by atoms with Crippen LogP contribution in [-0.2, 0) is 20.0 Å². The van der Waals surface area contributed by atoms with Crippen LogP contribution in [0.15, 0.2) is 29.3 Å². The normalized spacial score (nSPS) is 13.0. The number of aliphatic imine (C=N–C) groups is 1. The van der Waals surface area contributed by atoms with Crippen LogP contribution >= 0.6 is 0 Å². The van der Waals surface area contributed by atoms with Gasteiger partial charge in [0.2, 0.25) is 0 Å². The molecule has 0 aliphatic rings. The molecular weight excluding hydrogens is 338 g/mol. The average Bonchev–Trinajstić information content (AvgIpc) is 2.84. The maximum atomic E-state index is 5.76. The summed E-state index contributed by atoms with van der Waals surface area (Å²) in [5.74, 6) is 1.68. The van der Waals surface area contributed by atoms with E-state index in [0.29, 0.717) is 6.54 Å². The number of hydrogen-bond acceptors (Lipinski definition) is 3. The van der Waals surface area contributed by atoms with Crippen molar-refractivity contribution >= 4 is 5.96 Å². The van der Waals surface area contributed by atoms with Crippen LogP contribution in [0.5, 0.6) is 5.75 Å². The summed E-state index contributed by atoms with van der Waals surface area (Å²) in [5.41, 5.74) is 4.76. The maximum absolute atomic E-state index is 5.76. The second-order valence-corrected chi connectivity index (χ2v) is 7.26. The van der Waals surface area contributed by atoms with E-state index in [1.807, 2.05) is 37.7 Å². The van der Waals surface area contributed by atoms with Gasteiger partial charge in [-0.15, -0.1) is 0 Å². The van der Waals surface area contributed by atoms with E-state index in [2.05, 4.69) is 53.6 Å². The third-order valence-corrected chi connectivity index (χ3v) is 4.51. The highest BCUT2D eigenvalue weighted by molar-refractivity contribution is 5.79. The minimum Gasteiger partial charge on any atom is -0.491 e. The van der Waals surface area contributed by atoms with Crippen molar-refractivity contribution in [1.82, 2.24) is 20.4 Å². The van der Waals surface area contributed by atoms with Gasteiger partial charge in [0, 0.05) is 32.4 Å². The van der Waals surface area contributed by atoms with E-state index >= 15 is 0 Å². The summed E-state index contributed by atoms with van der Waals surface area (Å²) in [7, 11) is 3.78. The van der Waals surface area contributed by atoms with Gasteiger partial charge < -0.3 is 15.4 Å². The number of aryl methyl sites for hydroxylation is 2. The highest BCUT2D eigenvalue weighted by Gasteiger charge is 2.14. The minimum atomic E-state index is 0.169. The second-order valence-electron chi connectivity index (χ2n) is 7.26. The summed E-state index contributed by atoms with van der Waals surface area (Å²) in [6, 6.07) is 8.39. The highest BCUT2D eigenvalue weighted by Crippen LogP contribution is 2.15. The van der Waals surface area contributed by atoms with Gasteiger partial charge in [0.1, 0.15) is 5.75 Å². The van der Waals surface area contributed by atoms with Crippen LogP contribution in [0.3, 0.4) is 0 Å². The molecule has 1 heterocycles. The molecule has 148 valence electrons. The number of aromatic nitrogens is 2. The molecular formula is C21H33N5O. The summed E-state index contributed by atoms with van der Waals surface area (Å²) in [5, 5.41) is 11.3. The highest BCUT2D eigenvalue weighted by atomic mass is 16.5. The summed E-state index contributed by atoms with van der Waals surface area (Å²) >= 11 is 0. The van der Waals surface area contributed by atoms with Gasteiger partial charge in [-0.25, -0.2) is 0 Å². The Morgan fingerprint density at radius 2 is 2.00 bits per heavy atom. The lowest BCUT2D eigenvalue weighted by Gasteiger charge is -2.18. The molecule has 0 saturated heterocycles. The molecule has 1 atom stereocenters. The first-order valence-electron chi connectivity index (χ1n) is 9.52. The molecule has 6 heteroatoms. The van der Waals surface area contributed by atoms with Gasteiger partial charge in [0.15, 0.2) is 5.96 Å². The van der Waals surface area contributed by atoms with Crippen molar-refractivity contribution in [3.8, 4) is 5.75 Å². The molecule has 2 aromatic rings. The molecule has 0 saturated carbocycles. The summed E-state index contributed by atoms with van der Waals surface area (Å²) < 4.78 is 7.70. The fourth-order valence-corrected chi connectivity index (χ4v) is 3.08. The lowest BCUT2D eigenvalue weighted by molar-refractivity contribution is 0.242. The lowest BCUT2D eigenvalue weighted by Crippen LogP contribution is -2.42. The molecule has 2 rings (SSSR count). The standard InChI is InChI=1S/C21H33N5O/c1-14(2)27-19-10-8-9-18(12-19)13-23-21(22-6)24-15(3)11-20-16(4)25-26(7)17(20)5/h8-10,12,14-15H,11,13H2,1-7H3,(H2,22,23,24). The molecule has 0 bridgehead atoms. The van der Waals surface area contributed by atoms with Crippen molar-refractivity contribution in [3.05, 3.63) is 46.8 Å². The quantitative estimate of drug-likeness (QED) is 0.580.